The number of benzene rings is 9. The van der Waals surface area contributed by atoms with E-state index in [-0.39, 0.29) is 0 Å². The predicted octanol–water partition coefficient (Wildman–Crippen LogP) is 14.4. The first-order valence-electron chi connectivity index (χ1n) is 19.5. The van der Waals surface area contributed by atoms with Crippen molar-refractivity contribution in [1.29, 1.82) is 0 Å². The molecular weight excluding hydrogens is 715 g/mol. The molecule has 0 unspecified atom stereocenters. The van der Waals surface area contributed by atoms with Crippen LogP contribution in [0.4, 0.5) is 0 Å². The van der Waals surface area contributed by atoms with E-state index in [1.165, 1.54) is 21.5 Å². The van der Waals surface area contributed by atoms with Crippen LogP contribution >= 0.6 is 0 Å². The van der Waals surface area contributed by atoms with E-state index in [1.54, 1.807) is 0 Å². The summed E-state index contributed by atoms with van der Waals surface area (Å²) in [7, 11) is 0. The van der Waals surface area contributed by atoms with Crippen LogP contribution in [0.25, 0.3) is 138 Å². The molecule has 0 atom stereocenters. The minimum absolute atomic E-state index is 0.640. The van der Waals surface area contributed by atoms with Crippen LogP contribution in [-0.2, 0) is 0 Å². The van der Waals surface area contributed by atoms with Crippen LogP contribution in [0.5, 0.6) is 0 Å². The Kier molecular flexibility index (Phi) is 5.68. The fraction of sp³-hybridized carbons (Fsp3) is 0. The van der Waals surface area contributed by atoms with E-state index in [9.17, 15) is 0 Å². The number of hydrogen-bond acceptors (Lipinski definition) is 5. The van der Waals surface area contributed by atoms with Gasteiger partial charge in [-0.1, -0.05) is 84.9 Å². The van der Waals surface area contributed by atoms with Crippen LogP contribution in [0.15, 0.2) is 177 Å². The third-order valence-corrected chi connectivity index (χ3v) is 12.1. The van der Waals surface area contributed by atoms with Crippen LogP contribution in [0.2, 0.25) is 0 Å². The topological polar surface area (TPSA) is 70.1 Å². The minimum atomic E-state index is 0.640. The Morgan fingerprint density at radius 2 is 0.983 bits per heavy atom. The van der Waals surface area contributed by atoms with Gasteiger partial charge in [0.2, 0.25) is 0 Å². The highest BCUT2D eigenvalue weighted by Crippen LogP contribution is 2.45. The summed E-state index contributed by atoms with van der Waals surface area (Å²) in [5.41, 5.74) is 11.7. The third kappa shape index (κ3) is 4.00. The molecule has 9 aromatic carbocycles. The van der Waals surface area contributed by atoms with E-state index < -0.39 is 0 Å². The van der Waals surface area contributed by atoms with E-state index in [0.717, 1.165) is 105 Å². The Balaban J connectivity index is 0.963. The summed E-state index contributed by atoms with van der Waals surface area (Å²) < 4.78 is 21.7. The van der Waals surface area contributed by atoms with Gasteiger partial charge in [0.1, 0.15) is 39.1 Å². The quantitative estimate of drug-likeness (QED) is 0.180. The molecule has 14 rings (SSSR count). The zero-order valence-electron chi connectivity index (χ0n) is 30.7. The summed E-state index contributed by atoms with van der Waals surface area (Å²) in [5.74, 6) is 0.640. The molecule has 0 aliphatic heterocycles. The van der Waals surface area contributed by atoms with Gasteiger partial charge in [0, 0.05) is 54.5 Å². The predicted molar refractivity (Wildman–Crippen MR) is 235 cm³/mol. The molecule has 268 valence electrons. The van der Waals surface area contributed by atoms with E-state index >= 15 is 0 Å². The molecule has 0 aliphatic carbocycles. The second-order valence-electron chi connectivity index (χ2n) is 15.3. The Morgan fingerprint density at radius 1 is 0.379 bits per heavy atom. The van der Waals surface area contributed by atoms with E-state index in [4.69, 9.17) is 23.2 Å². The van der Waals surface area contributed by atoms with Crippen molar-refractivity contribution in [2.24, 2.45) is 0 Å². The van der Waals surface area contributed by atoms with Crippen molar-refractivity contribution >= 4 is 109 Å². The SMILES string of the molecule is c1ccc2c(c1)oc1ccc(-c3nc(-c4ccc5cc(-n6c7ccc8cccc9oc%10cccc%11ccc6c(c%11%10)c7c89)ccc5c4)nc4c3oc3ccccc34)cc12. The molecule has 0 N–H and O–H groups in total. The number of rotatable bonds is 3. The lowest BCUT2D eigenvalue weighted by atomic mass is 10.00. The number of hydrogen-bond donors (Lipinski definition) is 0. The summed E-state index contributed by atoms with van der Waals surface area (Å²) in [6, 6.07) is 57.3. The van der Waals surface area contributed by atoms with Crippen molar-refractivity contribution in [2.45, 2.75) is 0 Å². The van der Waals surface area contributed by atoms with Crippen molar-refractivity contribution in [3.63, 3.8) is 0 Å². The average Bonchev–Trinajstić information content (AvgIpc) is 3.92. The van der Waals surface area contributed by atoms with Crippen LogP contribution in [0.1, 0.15) is 0 Å². The summed E-state index contributed by atoms with van der Waals surface area (Å²) >= 11 is 0. The Bertz CT molecular complexity index is 3950. The van der Waals surface area contributed by atoms with Gasteiger partial charge in [-0.25, -0.2) is 9.97 Å². The number of nitrogens with zero attached hydrogens (tertiary/aromatic N) is 3. The van der Waals surface area contributed by atoms with E-state index in [0.29, 0.717) is 11.4 Å². The van der Waals surface area contributed by atoms with Crippen molar-refractivity contribution in [2.75, 3.05) is 0 Å². The first-order chi connectivity index (χ1) is 28.7. The minimum Gasteiger partial charge on any atom is -0.456 e. The van der Waals surface area contributed by atoms with Gasteiger partial charge in [-0.2, -0.15) is 0 Å². The number of para-hydroxylation sites is 2. The van der Waals surface area contributed by atoms with E-state index in [1.807, 2.05) is 42.5 Å². The molecule has 5 heterocycles. The van der Waals surface area contributed by atoms with Gasteiger partial charge in [0.15, 0.2) is 11.4 Å². The molecule has 6 heteroatoms. The van der Waals surface area contributed by atoms with Crippen LogP contribution in [-0.4, -0.2) is 14.5 Å². The highest BCUT2D eigenvalue weighted by Gasteiger charge is 2.23. The Hall–Kier alpha value is -7.96. The molecule has 0 fully saturated rings. The zero-order valence-corrected chi connectivity index (χ0v) is 30.7. The fourth-order valence-electron chi connectivity index (χ4n) is 9.54. The van der Waals surface area contributed by atoms with Gasteiger partial charge in [0.25, 0.3) is 0 Å². The lowest BCUT2D eigenvalue weighted by Gasteiger charge is -2.12. The fourth-order valence-corrected chi connectivity index (χ4v) is 9.54. The normalized spacial score (nSPS) is 12.5. The van der Waals surface area contributed by atoms with Gasteiger partial charge in [-0.3, -0.25) is 0 Å². The number of furan rings is 2. The molecular formula is C52H27N3O3. The van der Waals surface area contributed by atoms with Gasteiger partial charge < -0.3 is 17.8 Å². The molecule has 0 spiro atoms. The molecule has 14 aromatic rings. The van der Waals surface area contributed by atoms with Crippen molar-refractivity contribution in [3.8, 4) is 28.3 Å². The van der Waals surface area contributed by atoms with Gasteiger partial charge in [-0.15, -0.1) is 0 Å². The zero-order chi connectivity index (χ0) is 37.6. The van der Waals surface area contributed by atoms with Crippen LogP contribution in [0.3, 0.4) is 0 Å². The third-order valence-electron chi connectivity index (χ3n) is 12.1. The largest absolute Gasteiger partial charge is 0.456 e. The molecule has 0 saturated carbocycles. The highest BCUT2D eigenvalue weighted by atomic mass is 16.3. The summed E-state index contributed by atoms with van der Waals surface area (Å²) in [6.07, 6.45) is 0. The highest BCUT2D eigenvalue weighted by molar-refractivity contribution is 6.33. The van der Waals surface area contributed by atoms with Crippen LogP contribution < -0.4 is 0 Å². The molecule has 6 nitrogen and oxygen atoms in total. The monoisotopic (exact) mass is 741 g/mol. The van der Waals surface area contributed by atoms with Gasteiger partial charge in [0.05, 0.1) is 11.0 Å². The van der Waals surface area contributed by atoms with Gasteiger partial charge in [-0.05, 0) is 100 Å². The van der Waals surface area contributed by atoms with Crippen molar-refractivity contribution in [1.82, 2.24) is 14.5 Å². The maximum Gasteiger partial charge on any atom is 0.180 e. The smallest absolute Gasteiger partial charge is 0.180 e. The Morgan fingerprint density at radius 3 is 1.76 bits per heavy atom. The molecule has 0 bridgehead atoms. The van der Waals surface area contributed by atoms with Crippen molar-refractivity contribution < 1.29 is 13.3 Å². The average molecular weight is 742 g/mol. The van der Waals surface area contributed by atoms with Crippen molar-refractivity contribution in [3.05, 3.63) is 164 Å². The standard InChI is InChI=1S/C52H27N3O3/c1-3-11-40-35(9-1)37-27-32(20-24-42(37)56-40)49-51-50(36-10-2-4-12-41(36)58-51)54-52(53-49)33-16-15-31-26-34(21-17-30(31)25-33)55-38-22-18-28-7-5-13-43-45(28)47(38)48-39(55)23-19-29-8-6-14-44(57-43)46(29)48/h1-27H. The molecule has 0 saturated heterocycles. The lowest BCUT2D eigenvalue weighted by Crippen LogP contribution is -1.95. The number of fused-ring (bicyclic) bond motifs is 7. The molecule has 0 aliphatic rings. The molecule has 5 aromatic heterocycles. The summed E-state index contributed by atoms with van der Waals surface area (Å²) in [4.78, 5) is 10.4. The van der Waals surface area contributed by atoms with E-state index in [2.05, 4.69) is 126 Å². The maximum atomic E-state index is 6.64. The Labute approximate surface area is 328 Å². The second kappa shape index (κ2) is 10.9. The number of aromatic nitrogens is 3. The molecule has 58 heavy (non-hydrogen) atoms. The summed E-state index contributed by atoms with van der Waals surface area (Å²) in [6.45, 7) is 0. The lowest BCUT2D eigenvalue weighted by molar-refractivity contribution is 0.664. The van der Waals surface area contributed by atoms with Crippen LogP contribution in [0, 0.1) is 0 Å². The van der Waals surface area contributed by atoms with Gasteiger partial charge >= 0.3 is 0 Å². The molecule has 0 amide bonds. The molecule has 0 radical (unpaired) electrons. The maximum absolute atomic E-state index is 6.64. The summed E-state index contributed by atoms with van der Waals surface area (Å²) in [5, 5.41) is 12.4. The first-order valence-corrected chi connectivity index (χ1v) is 19.5. The second-order valence-corrected chi connectivity index (χ2v) is 15.3. The first kappa shape index (κ1) is 30.3.